The average molecular weight is 166 g/mol. The molecule has 0 aromatic heterocycles. The van der Waals surface area contributed by atoms with Gasteiger partial charge in [0.25, 0.3) is 0 Å². The molecule has 4 heteroatoms. The van der Waals surface area contributed by atoms with E-state index in [0.717, 1.165) is 19.6 Å². The van der Waals surface area contributed by atoms with Crippen molar-refractivity contribution in [3.8, 4) is 0 Å². The second-order valence-corrected chi connectivity index (χ2v) is 2.91. The van der Waals surface area contributed by atoms with Crippen molar-refractivity contribution < 1.29 is 0 Å². The molecule has 0 aromatic rings. The molecule has 1 fully saturated rings. The Morgan fingerprint density at radius 2 is 2.25 bits per heavy atom. The fourth-order valence-electron chi connectivity index (χ4n) is 1.40. The van der Waals surface area contributed by atoms with Gasteiger partial charge in [-0.1, -0.05) is 0 Å². The first kappa shape index (κ1) is 7.64. The summed E-state index contributed by atoms with van der Waals surface area (Å²) in [7, 11) is 0. The number of piperazine rings is 1. The van der Waals surface area contributed by atoms with E-state index in [-0.39, 0.29) is 0 Å². The van der Waals surface area contributed by atoms with Crippen LogP contribution in [-0.4, -0.2) is 30.8 Å². The number of nitrogens with one attached hydrogen (secondary N) is 3. The van der Waals surface area contributed by atoms with Gasteiger partial charge in [-0.25, -0.2) is 0 Å². The summed E-state index contributed by atoms with van der Waals surface area (Å²) in [4.78, 5) is 0. The second-order valence-electron chi connectivity index (χ2n) is 2.91. The maximum absolute atomic E-state index is 3.40. The van der Waals surface area contributed by atoms with Gasteiger partial charge in [-0.3, -0.25) is 10.3 Å². The molecule has 4 nitrogen and oxygen atoms in total. The maximum Gasteiger partial charge on any atom is 0.112 e. The van der Waals surface area contributed by atoms with Crippen molar-refractivity contribution in [3.63, 3.8) is 0 Å². The molecule has 66 valence electrons. The molecule has 2 heterocycles. The van der Waals surface area contributed by atoms with E-state index in [1.807, 2.05) is 24.6 Å². The summed E-state index contributed by atoms with van der Waals surface area (Å²) in [6.45, 7) is 3.06. The summed E-state index contributed by atoms with van der Waals surface area (Å²) in [5.41, 5.74) is 3.15. The Bertz CT molecular complexity index is 193. The van der Waals surface area contributed by atoms with E-state index in [9.17, 15) is 0 Å². The van der Waals surface area contributed by atoms with Crippen molar-refractivity contribution in [2.45, 2.75) is 6.17 Å². The van der Waals surface area contributed by atoms with Gasteiger partial charge in [-0.15, -0.1) is 0 Å². The Hall–Kier alpha value is -1.00. The van der Waals surface area contributed by atoms with Crippen molar-refractivity contribution in [1.82, 2.24) is 21.1 Å². The molecular weight excluding hydrogens is 152 g/mol. The number of hydrogen-bond donors (Lipinski definition) is 3. The fourth-order valence-corrected chi connectivity index (χ4v) is 1.40. The van der Waals surface area contributed by atoms with Crippen LogP contribution in [0.3, 0.4) is 0 Å². The molecule has 0 aromatic carbocycles. The molecule has 0 saturated carbocycles. The highest BCUT2D eigenvalue weighted by molar-refractivity contribution is 5.06. The second kappa shape index (κ2) is 3.60. The Kier molecular flexibility index (Phi) is 2.29. The van der Waals surface area contributed by atoms with Gasteiger partial charge < -0.3 is 10.7 Å². The molecule has 2 rings (SSSR count). The molecule has 0 radical (unpaired) electrons. The van der Waals surface area contributed by atoms with Gasteiger partial charge in [0.05, 0.1) is 0 Å². The van der Waals surface area contributed by atoms with Crippen molar-refractivity contribution in [2.24, 2.45) is 0 Å². The predicted molar refractivity (Wildman–Crippen MR) is 47.9 cm³/mol. The lowest BCUT2D eigenvalue weighted by Gasteiger charge is -2.35. The zero-order valence-electron chi connectivity index (χ0n) is 6.96. The highest BCUT2D eigenvalue weighted by Crippen LogP contribution is 1.99. The van der Waals surface area contributed by atoms with Gasteiger partial charge >= 0.3 is 0 Å². The Morgan fingerprint density at radius 3 is 2.92 bits per heavy atom. The Balaban J connectivity index is 1.90. The molecule has 0 aliphatic carbocycles. The largest absolute Gasteiger partial charge is 0.312 e. The van der Waals surface area contributed by atoms with Gasteiger partial charge in [0.2, 0.25) is 0 Å². The minimum absolute atomic E-state index is 0.361. The molecule has 2 aliphatic heterocycles. The van der Waals surface area contributed by atoms with Gasteiger partial charge in [0.15, 0.2) is 0 Å². The Morgan fingerprint density at radius 1 is 1.25 bits per heavy atom. The minimum Gasteiger partial charge on any atom is -0.312 e. The van der Waals surface area contributed by atoms with E-state index in [2.05, 4.69) is 21.1 Å². The lowest BCUT2D eigenvalue weighted by molar-refractivity contribution is 0.168. The van der Waals surface area contributed by atoms with Gasteiger partial charge in [-0.05, 0) is 12.2 Å². The third-order valence-corrected chi connectivity index (χ3v) is 2.03. The molecule has 0 amide bonds. The van der Waals surface area contributed by atoms with E-state index in [1.54, 1.807) is 0 Å². The third-order valence-electron chi connectivity index (χ3n) is 2.03. The summed E-state index contributed by atoms with van der Waals surface area (Å²) >= 11 is 0. The summed E-state index contributed by atoms with van der Waals surface area (Å²) in [6, 6.07) is 0. The number of rotatable bonds is 1. The van der Waals surface area contributed by atoms with Crippen molar-refractivity contribution in [3.05, 3.63) is 24.6 Å². The van der Waals surface area contributed by atoms with E-state index in [4.69, 9.17) is 0 Å². The zero-order chi connectivity index (χ0) is 8.23. The van der Waals surface area contributed by atoms with Crippen LogP contribution in [0.4, 0.5) is 0 Å². The minimum atomic E-state index is 0.361. The van der Waals surface area contributed by atoms with Crippen LogP contribution in [0.15, 0.2) is 24.6 Å². The molecule has 12 heavy (non-hydrogen) atoms. The molecule has 3 N–H and O–H groups in total. The molecule has 2 aliphatic rings. The summed E-state index contributed by atoms with van der Waals surface area (Å²) in [6.07, 6.45) is 8.32. The number of hydrazine groups is 1. The summed E-state index contributed by atoms with van der Waals surface area (Å²) < 4.78 is 0. The quantitative estimate of drug-likeness (QED) is 0.484. The molecule has 0 spiro atoms. The third kappa shape index (κ3) is 1.60. The van der Waals surface area contributed by atoms with Crippen LogP contribution in [0.25, 0.3) is 0 Å². The van der Waals surface area contributed by atoms with Crippen LogP contribution in [-0.2, 0) is 0 Å². The topological polar surface area (TPSA) is 39.3 Å². The van der Waals surface area contributed by atoms with Crippen LogP contribution >= 0.6 is 0 Å². The molecule has 0 bridgehead atoms. The first-order valence-corrected chi connectivity index (χ1v) is 4.29. The van der Waals surface area contributed by atoms with Crippen LogP contribution in [0.5, 0.6) is 0 Å². The highest BCUT2D eigenvalue weighted by atomic mass is 15.6. The number of allylic oxidation sites excluding steroid dienone is 2. The SMILES string of the molecule is C1=CNN(C2CNCCN2)C=C1. The van der Waals surface area contributed by atoms with Crippen LogP contribution < -0.4 is 16.1 Å². The molecule has 1 saturated heterocycles. The van der Waals surface area contributed by atoms with E-state index < -0.39 is 0 Å². The summed E-state index contributed by atoms with van der Waals surface area (Å²) in [5, 5.41) is 8.80. The molecule has 1 atom stereocenters. The molecule has 1 unspecified atom stereocenters. The van der Waals surface area contributed by atoms with Crippen molar-refractivity contribution >= 4 is 0 Å². The number of nitrogens with zero attached hydrogens (tertiary/aromatic N) is 1. The van der Waals surface area contributed by atoms with E-state index in [1.165, 1.54) is 0 Å². The first-order chi connectivity index (χ1) is 5.97. The van der Waals surface area contributed by atoms with Crippen LogP contribution in [0.1, 0.15) is 0 Å². The first-order valence-electron chi connectivity index (χ1n) is 4.29. The lowest BCUT2D eigenvalue weighted by atomic mass is 10.3. The van der Waals surface area contributed by atoms with Gasteiger partial charge in [-0.2, -0.15) is 0 Å². The van der Waals surface area contributed by atoms with Gasteiger partial charge in [0.1, 0.15) is 6.17 Å². The maximum atomic E-state index is 3.40. The highest BCUT2D eigenvalue weighted by Gasteiger charge is 2.16. The van der Waals surface area contributed by atoms with Crippen molar-refractivity contribution in [1.29, 1.82) is 0 Å². The van der Waals surface area contributed by atoms with E-state index >= 15 is 0 Å². The Labute approximate surface area is 72.3 Å². The van der Waals surface area contributed by atoms with E-state index in [0.29, 0.717) is 6.17 Å². The standard InChI is InChI=1S/C8H14N4/c1-2-6-12(11-3-1)8-7-9-4-5-10-8/h1-3,6,8-11H,4-5,7H2. The zero-order valence-corrected chi connectivity index (χ0v) is 6.96. The van der Waals surface area contributed by atoms with Gasteiger partial charge in [0, 0.05) is 32.0 Å². The van der Waals surface area contributed by atoms with Crippen molar-refractivity contribution in [2.75, 3.05) is 19.6 Å². The van der Waals surface area contributed by atoms with Crippen LogP contribution in [0.2, 0.25) is 0 Å². The monoisotopic (exact) mass is 166 g/mol. The number of hydrogen-bond acceptors (Lipinski definition) is 4. The fraction of sp³-hybridized carbons (Fsp3) is 0.500. The molecular formula is C8H14N4. The summed E-state index contributed by atoms with van der Waals surface area (Å²) in [5.74, 6) is 0. The average Bonchev–Trinajstić information content (AvgIpc) is 2.21. The van der Waals surface area contributed by atoms with Crippen LogP contribution in [0, 0.1) is 0 Å². The predicted octanol–water partition coefficient (Wildman–Crippen LogP) is -0.647. The normalized spacial score (nSPS) is 28.7. The lowest BCUT2D eigenvalue weighted by Crippen LogP contribution is -2.58. The smallest absolute Gasteiger partial charge is 0.112 e.